The molecular formula is C18H18BrNS. The number of rotatable bonds is 2. The Morgan fingerprint density at radius 1 is 1.00 bits per heavy atom. The van der Waals surface area contributed by atoms with Crippen LogP contribution in [0.25, 0.3) is 12.2 Å². The summed E-state index contributed by atoms with van der Waals surface area (Å²) in [5.74, 6) is 0. The number of halogens is 1. The Bertz CT molecular complexity index is 670. The van der Waals surface area contributed by atoms with Crippen LogP contribution < -0.4 is 4.90 Å². The first-order valence-electron chi connectivity index (χ1n) is 7.64. The van der Waals surface area contributed by atoms with E-state index in [4.69, 9.17) is 0 Å². The third kappa shape index (κ3) is 2.69. The lowest BCUT2D eigenvalue weighted by Gasteiger charge is -2.37. The molecule has 0 fully saturated rings. The average molecular weight is 360 g/mol. The van der Waals surface area contributed by atoms with Gasteiger partial charge < -0.3 is 4.90 Å². The van der Waals surface area contributed by atoms with Crippen LogP contribution in [-0.2, 0) is 12.8 Å². The number of anilines is 1. The third-order valence-corrected chi connectivity index (χ3v) is 5.98. The molecule has 2 aromatic rings. The van der Waals surface area contributed by atoms with Crippen LogP contribution in [0.4, 0.5) is 5.69 Å². The number of hydrogen-bond acceptors (Lipinski definition) is 2. The molecule has 1 aromatic carbocycles. The van der Waals surface area contributed by atoms with Crippen LogP contribution in [0.2, 0.25) is 0 Å². The van der Waals surface area contributed by atoms with Crippen molar-refractivity contribution in [2.45, 2.75) is 25.7 Å². The van der Waals surface area contributed by atoms with Gasteiger partial charge in [-0.15, -0.1) is 11.3 Å². The minimum Gasteiger partial charge on any atom is -0.371 e. The van der Waals surface area contributed by atoms with E-state index >= 15 is 0 Å². The first kappa shape index (κ1) is 13.6. The maximum absolute atomic E-state index is 3.52. The van der Waals surface area contributed by atoms with Gasteiger partial charge in [0.1, 0.15) is 0 Å². The Morgan fingerprint density at radius 2 is 1.71 bits per heavy atom. The van der Waals surface area contributed by atoms with Gasteiger partial charge in [-0.25, -0.2) is 0 Å². The molecule has 0 saturated carbocycles. The first-order valence-corrected chi connectivity index (χ1v) is 9.25. The molecule has 108 valence electrons. The molecule has 4 rings (SSSR count). The van der Waals surface area contributed by atoms with Crippen molar-refractivity contribution in [2.75, 3.05) is 18.0 Å². The molecule has 0 bridgehead atoms. The molecule has 0 radical (unpaired) electrons. The molecule has 0 atom stereocenters. The van der Waals surface area contributed by atoms with Crippen LogP contribution in [0.15, 0.2) is 28.1 Å². The highest BCUT2D eigenvalue weighted by Crippen LogP contribution is 2.36. The lowest BCUT2D eigenvalue weighted by Crippen LogP contribution is -2.34. The van der Waals surface area contributed by atoms with E-state index in [1.807, 2.05) is 0 Å². The lowest BCUT2D eigenvalue weighted by molar-refractivity contribution is 0.634. The molecule has 1 aromatic heterocycles. The van der Waals surface area contributed by atoms with E-state index in [2.05, 4.69) is 57.2 Å². The normalized spacial score (nSPS) is 17.3. The minimum absolute atomic E-state index is 1.19. The maximum atomic E-state index is 3.52. The molecule has 3 heteroatoms. The fraction of sp³-hybridized carbons (Fsp3) is 0.333. The summed E-state index contributed by atoms with van der Waals surface area (Å²) in [6.45, 7) is 2.50. The van der Waals surface area contributed by atoms with Gasteiger partial charge in [-0.1, -0.05) is 6.08 Å². The van der Waals surface area contributed by atoms with Crippen LogP contribution in [0.3, 0.4) is 0 Å². The van der Waals surface area contributed by atoms with E-state index in [9.17, 15) is 0 Å². The highest BCUT2D eigenvalue weighted by molar-refractivity contribution is 9.11. The second-order valence-corrected chi connectivity index (χ2v) is 8.35. The van der Waals surface area contributed by atoms with Crippen molar-refractivity contribution in [3.63, 3.8) is 0 Å². The average Bonchev–Trinajstić information content (AvgIpc) is 2.91. The molecule has 0 spiro atoms. The van der Waals surface area contributed by atoms with Crippen molar-refractivity contribution in [1.82, 2.24) is 0 Å². The van der Waals surface area contributed by atoms with Crippen LogP contribution in [0.1, 0.15) is 34.4 Å². The Balaban J connectivity index is 1.69. The second kappa shape index (κ2) is 5.62. The standard InChI is InChI=1S/C18H18BrNS/c19-17-8-7-16(21-17)6-5-13-11-14-3-1-9-20-10-2-4-15(12-13)18(14)20/h5-8,11-12H,1-4,9-10H2/b6-5+. The van der Waals surface area contributed by atoms with Gasteiger partial charge in [0.25, 0.3) is 0 Å². The summed E-state index contributed by atoms with van der Waals surface area (Å²) in [5.41, 5.74) is 6.04. The van der Waals surface area contributed by atoms with E-state index < -0.39 is 0 Å². The van der Waals surface area contributed by atoms with Gasteiger partial charge in [-0.3, -0.25) is 0 Å². The molecule has 0 unspecified atom stereocenters. The molecule has 2 aliphatic rings. The van der Waals surface area contributed by atoms with E-state index in [1.54, 1.807) is 28.2 Å². The van der Waals surface area contributed by atoms with E-state index in [1.165, 1.54) is 53.0 Å². The van der Waals surface area contributed by atoms with Gasteiger partial charge in [0.2, 0.25) is 0 Å². The predicted octanol–water partition coefficient (Wildman–Crippen LogP) is 5.38. The molecule has 0 aliphatic carbocycles. The van der Waals surface area contributed by atoms with Gasteiger partial charge in [-0.2, -0.15) is 0 Å². The van der Waals surface area contributed by atoms with Crippen LogP contribution in [-0.4, -0.2) is 13.1 Å². The van der Waals surface area contributed by atoms with Crippen LogP contribution in [0, 0.1) is 0 Å². The molecule has 2 aliphatic heterocycles. The monoisotopic (exact) mass is 359 g/mol. The Kier molecular flexibility index (Phi) is 3.64. The van der Waals surface area contributed by atoms with E-state index in [-0.39, 0.29) is 0 Å². The predicted molar refractivity (Wildman–Crippen MR) is 96.2 cm³/mol. The van der Waals surface area contributed by atoms with Crippen LogP contribution in [0.5, 0.6) is 0 Å². The van der Waals surface area contributed by atoms with Crippen molar-refractivity contribution in [3.8, 4) is 0 Å². The van der Waals surface area contributed by atoms with Gasteiger partial charge >= 0.3 is 0 Å². The van der Waals surface area contributed by atoms with E-state index in [0.29, 0.717) is 0 Å². The summed E-state index contributed by atoms with van der Waals surface area (Å²) in [7, 11) is 0. The summed E-state index contributed by atoms with van der Waals surface area (Å²) in [6.07, 6.45) is 9.58. The lowest BCUT2D eigenvalue weighted by atomic mass is 9.90. The van der Waals surface area contributed by atoms with Crippen LogP contribution >= 0.6 is 27.3 Å². The summed E-state index contributed by atoms with van der Waals surface area (Å²) < 4.78 is 1.19. The number of benzene rings is 1. The quantitative estimate of drug-likeness (QED) is 0.695. The highest BCUT2D eigenvalue weighted by atomic mass is 79.9. The van der Waals surface area contributed by atoms with Crippen molar-refractivity contribution in [1.29, 1.82) is 0 Å². The molecule has 3 heterocycles. The Morgan fingerprint density at radius 3 is 2.33 bits per heavy atom. The van der Waals surface area contributed by atoms with Crippen molar-refractivity contribution < 1.29 is 0 Å². The summed E-state index contributed by atoms with van der Waals surface area (Å²) in [6, 6.07) is 9.07. The third-order valence-electron chi connectivity index (χ3n) is 4.39. The van der Waals surface area contributed by atoms with Gasteiger partial charge in [-0.05, 0) is 88.6 Å². The molecule has 0 saturated heterocycles. The Labute approximate surface area is 138 Å². The van der Waals surface area contributed by atoms with Gasteiger partial charge in [0.15, 0.2) is 0 Å². The van der Waals surface area contributed by atoms with Gasteiger partial charge in [0, 0.05) is 23.7 Å². The zero-order chi connectivity index (χ0) is 14.2. The topological polar surface area (TPSA) is 3.24 Å². The summed E-state index contributed by atoms with van der Waals surface area (Å²) in [4.78, 5) is 3.90. The molecule has 0 N–H and O–H groups in total. The van der Waals surface area contributed by atoms with Crippen molar-refractivity contribution in [2.24, 2.45) is 0 Å². The molecule has 21 heavy (non-hydrogen) atoms. The number of nitrogens with zero attached hydrogens (tertiary/aromatic N) is 1. The largest absolute Gasteiger partial charge is 0.371 e. The second-order valence-electron chi connectivity index (χ2n) is 5.86. The minimum atomic E-state index is 1.19. The number of hydrogen-bond donors (Lipinski definition) is 0. The summed E-state index contributed by atoms with van der Waals surface area (Å²) in [5, 5.41) is 0. The molecular weight excluding hydrogens is 342 g/mol. The van der Waals surface area contributed by atoms with E-state index in [0.717, 1.165) is 0 Å². The zero-order valence-corrected chi connectivity index (χ0v) is 14.3. The first-order chi connectivity index (χ1) is 10.3. The molecule has 0 amide bonds. The number of aryl methyl sites for hydroxylation is 2. The smallest absolute Gasteiger partial charge is 0.0704 e. The van der Waals surface area contributed by atoms with Crippen molar-refractivity contribution >= 4 is 45.1 Å². The highest BCUT2D eigenvalue weighted by Gasteiger charge is 2.23. The maximum Gasteiger partial charge on any atom is 0.0704 e. The Hall–Kier alpha value is -1.06. The van der Waals surface area contributed by atoms with Crippen molar-refractivity contribution in [3.05, 3.63) is 49.6 Å². The fourth-order valence-electron chi connectivity index (χ4n) is 3.52. The fourth-order valence-corrected chi connectivity index (χ4v) is 4.85. The zero-order valence-electron chi connectivity index (χ0n) is 11.9. The SMILES string of the molecule is Brc1ccc(/C=C/c2cc3c4c(c2)CCCN4CCC3)s1. The number of thiophene rings is 1. The van der Waals surface area contributed by atoms with Gasteiger partial charge in [0.05, 0.1) is 3.79 Å². The molecule has 1 nitrogen and oxygen atoms in total. The summed E-state index contributed by atoms with van der Waals surface area (Å²) >= 11 is 5.30.